The second-order valence-electron chi connectivity index (χ2n) is 8.67. The molecule has 0 saturated heterocycles. The van der Waals surface area contributed by atoms with Gasteiger partial charge in [-0.25, -0.2) is 0 Å². The van der Waals surface area contributed by atoms with E-state index in [2.05, 4.69) is 23.3 Å². The molecule has 1 heterocycles. The van der Waals surface area contributed by atoms with Crippen molar-refractivity contribution in [1.29, 1.82) is 0 Å². The van der Waals surface area contributed by atoms with Crippen LogP contribution in [0.5, 0.6) is 11.5 Å². The van der Waals surface area contributed by atoms with E-state index in [0.717, 1.165) is 47.4 Å². The molecule has 0 aromatic heterocycles. The van der Waals surface area contributed by atoms with Crippen molar-refractivity contribution in [2.45, 2.75) is 52.2 Å². The number of nitrogens with two attached hydrogens (primary N) is 1. The summed E-state index contributed by atoms with van der Waals surface area (Å²) in [5, 5.41) is 8.15. The molecule has 34 heavy (non-hydrogen) atoms. The van der Waals surface area contributed by atoms with Gasteiger partial charge in [0.25, 0.3) is 0 Å². The average Bonchev–Trinajstić information content (AvgIpc) is 3.14. The first-order valence-corrected chi connectivity index (χ1v) is 11.3. The van der Waals surface area contributed by atoms with Crippen LogP contribution in [0.1, 0.15) is 55.9 Å². The molecule has 2 aromatic carbocycles. The number of nitrogens with zero attached hydrogens (tertiary/aromatic N) is 2. The van der Waals surface area contributed by atoms with Gasteiger partial charge >= 0.3 is 0 Å². The van der Waals surface area contributed by atoms with Crippen LogP contribution in [0.2, 0.25) is 0 Å². The van der Waals surface area contributed by atoms with Crippen LogP contribution < -0.4 is 15.2 Å². The van der Waals surface area contributed by atoms with Gasteiger partial charge in [0.1, 0.15) is 26.4 Å². The van der Waals surface area contributed by atoms with Gasteiger partial charge in [-0.1, -0.05) is 47.9 Å². The lowest BCUT2D eigenvalue weighted by Gasteiger charge is -2.19. The number of Topliss-reactive ketones (excluding diaryl/α,β-unsaturated/α-hetero) is 1. The maximum atomic E-state index is 12.4. The Labute approximate surface area is 200 Å². The lowest BCUT2D eigenvalue weighted by atomic mass is 9.97. The molecule has 0 unspecified atom stereocenters. The van der Waals surface area contributed by atoms with E-state index in [0.29, 0.717) is 11.3 Å². The van der Waals surface area contributed by atoms with Gasteiger partial charge in [0.15, 0.2) is 23.0 Å². The maximum Gasteiger partial charge on any atom is 0.198 e. The Kier molecular flexibility index (Phi) is 8.28. The molecule has 0 amide bonds. The SMILES string of the molecule is CCCC(=NOC)c1cc2c(c(OCc3ccccc3/C(=N\OC)C(=O)CN)c1)OC(C)(C)C2. The quantitative estimate of drug-likeness (QED) is 0.396. The number of fused-ring (bicyclic) bond motifs is 1. The largest absolute Gasteiger partial charge is 0.485 e. The number of carbonyl (C=O) groups excluding carboxylic acids is 1. The number of oxime groups is 2. The molecular weight excluding hydrogens is 434 g/mol. The molecular formula is C26H33N3O5. The van der Waals surface area contributed by atoms with Crippen molar-refractivity contribution in [1.82, 2.24) is 0 Å². The van der Waals surface area contributed by atoms with Gasteiger partial charge in [-0.3, -0.25) is 4.79 Å². The van der Waals surface area contributed by atoms with E-state index < -0.39 is 0 Å². The number of ether oxygens (including phenoxy) is 2. The molecule has 182 valence electrons. The highest BCUT2D eigenvalue weighted by Crippen LogP contribution is 2.43. The van der Waals surface area contributed by atoms with E-state index in [-0.39, 0.29) is 30.2 Å². The summed E-state index contributed by atoms with van der Waals surface area (Å²) in [6.45, 7) is 6.22. The number of carbonyl (C=O) groups is 1. The average molecular weight is 468 g/mol. The Balaban J connectivity index is 1.99. The van der Waals surface area contributed by atoms with Gasteiger partial charge in [0, 0.05) is 23.1 Å². The Morgan fingerprint density at radius 2 is 1.88 bits per heavy atom. The topological polar surface area (TPSA) is 105 Å². The fourth-order valence-electron chi connectivity index (χ4n) is 4.01. The third-order valence-electron chi connectivity index (χ3n) is 5.44. The Morgan fingerprint density at radius 3 is 2.56 bits per heavy atom. The van der Waals surface area contributed by atoms with Crippen LogP contribution in [-0.4, -0.2) is 43.6 Å². The Bertz CT molecular complexity index is 1090. The molecule has 0 atom stereocenters. The van der Waals surface area contributed by atoms with Crippen molar-refractivity contribution >= 4 is 17.2 Å². The maximum absolute atomic E-state index is 12.4. The number of hydrogen-bond donors (Lipinski definition) is 1. The lowest BCUT2D eigenvalue weighted by molar-refractivity contribution is -0.111. The summed E-state index contributed by atoms with van der Waals surface area (Å²) < 4.78 is 12.5. The van der Waals surface area contributed by atoms with Crippen molar-refractivity contribution in [2.24, 2.45) is 16.0 Å². The third-order valence-corrected chi connectivity index (χ3v) is 5.44. The van der Waals surface area contributed by atoms with Gasteiger partial charge in [-0.2, -0.15) is 0 Å². The fraction of sp³-hybridized carbons (Fsp3) is 0.423. The van der Waals surface area contributed by atoms with Gasteiger partial charge in [-0.05, 0) is 38.0 Å². The molecule has 3 rings (SSSR count). The number of benzene rings is 2. The van der Waals surface area contributed by atoms with Crippen molar-refractivity contribution in [3.05, 3.63) is 58.7 Å². The van der Waals surface area contributed by atoms with Crippen molar-refractivity contribution in [3.8, 4) is 11.5 Å². The fourth-order valence-corrected chi connectivity index (χ4v) is 4.01. The molecule has 0 aliphatic carbocycles. The molecule has 0 spiro atoms. The summed E-state index contributed by atoms with van der Waals surface area (Å²) in [7, 11) is 2.94. The van der Waals surface area contributed by atoms with Crippen LogP contribution >= 0.6 is 0 Å². The van der Waals surface area contributed by atoms with Gasteiger partial charge in [0.05, 0.1) is 12.3 Å². The molecule has 0 fully saturated rings. The first-order chi connectivity index (χ1) is 16.3. The zero-order valence-corrected chi connectivity index (χ0v) is 20.5. The summed E-state index contributed by atoms with van der Waals surface area (Å²) in [4.78, 5) is 22.4. The van der Waals surface area contributed by atoms with Gasteiger partial charge in [0.2, 0.25) is 0 Å². The standard InChI is InChI=1S/C26H33N3O5/c1-6-9-21(28-31-4)18-12-19-14-26(2,3)34-25(19)23(13-18)33-16-17-10-7-8-11-20(17)24(29-32-5)22(30)15-27/h7-8,10-13H,6,9,14-16,27H2,1-5H3/b28-21?,29-24+. The summed E-state index contributed by atoms with van der Waals surface area (Å²) in [6, 6.07) is 11.4. The van der Waals surface area contributed by atoms with Crippen LogP contribution in [0.3, 0.4) is 0 Å². The zero-order chi connectivity index (χ0) is 24.7. The molecule has 1 aliphatic rings. The zero-order valence-electron chi connectivity index (χ0n) is 20.5. The van der Waals surface area contributed by atoms with Crippen LogP contribution in [0, 0.1) is 0 Å². The molecule has 8 heteroatoms. The summed E-state index contributed by atoms with van der Waals surface area (Å²) >= 11 is 0. The first kappa shape index (κ1) is 25.2. The van der Waals surface area contributed by atoms with Gasteiger partial charge < -0.3 is 24.9 Å². The van der Waals surface area contributed by atoms with E-state index in [1.54, 1.807) is 13.2 Å². The molecule has 2 N–H and O–H groups in total. The van der Waals surface area contributed by atoms with Gasteiger partial charge in [-0.15, -0.1) is 0 Å². The highest BCUT2D eigenvalue weighted by atomic mass is 16.6. The number of rotatable bonds is 11. The molecule has 8 nitrogen and oxygen atoms in total. The van der Waals surface area contributed by atoms with Crippen LogP contribution in [-0.2, 0) is 27.5 Å². The predicted octanol–water partition coefficient (Wildman–Crippen LogP) is 4.01. The molecule has 2 aromatic rings. The highest BCUT2D eigenvalue weighted by Gasteiger charge is 2.33. The minimum atomic E-state index is -0.341. The third kappa shape index (κ3) is 5.75. The Morgan fingerprint density at radius 1 is 1.15 bits per heavy atom. The highest BCUT2D eigenvalue weighted by molar-refractivity contribution is 6.47. The summed E-state index contributed by atoms with van der Waals surface area (Å²) in [5.74, 6) is 1.02. The van der Waals surface area contributed by atoms with Crippen LogP contribution in [0.25, 0.3) is 0 Å². The van der Waals surface area contributed by atoms with E-state index in [9.17, 15) is 4.79 Å². The summed E-state index contributed by atoms with van der Waals surface area (Å²) in [5.41, 5.74) is 9.64. The normalized spacial score (nSPS) is 14.9. The predicted molar refractivity (Wildman–Crippen MR) is 132 cm³/mol. The van der Waals surface area contributed by atoms with Crippen LogP contribution in [0.4, 0.5) is 0 Å². The molecule has 0 radical (unpaired) electrons. The second-order valence-corrected chi connectivity index (χ2v) is 8.67. The first-order valence-electron chi connectivity index (χ1n) is 11.3. The monoisotopic (exact) mass is 467 g/mol. The van der Waals surface area contributed by atoms with E-state index in [1.165, 1.54) is 7.11 Å². The van der Waals surface area contributed by atoms with E-state index >= 15 is 0 Å². The number of ketones is 1. The number of hydrogen-bond acceptors (Lipinski definition) is 8. The molecule has 0 saturated carbocycles. The van der Waals surface area contributed by atoms with Crippen molar-refractivity contribution in [2.75, 3.05) is 20.8 Å². The van der Waals surface area contributed by atoms with Crippen molar-refractivity contribution in [3.63, 3.8) is 0 Å². The summed E-state index contributed by atoms with van der Waals surface area (Å²) in [6.07, 6.45) is 2.46. The Hall–Kier alpha value is -3.39. The van der Waals surface area contributed by atoms with Crippen LogP contribution in [0.15, 0.2) is 46.7 Å². The van der Waals surface area contributed by atoms with E-state index in [4.69, 9.17) is 24.9 Å². The van der Waals surface area contributed by atoms with E-state index in [1.807, 2.05) is 38.1 Å². The molecule has 1 aliphatic heterocycles. The lowest BCUT2D eigenvalue weighted by Crippen LogP contribution is -2.25. The molecule has 0 bridgehead atoms. The second kappa shape index (κ2) is 11.2. The van der Waals surface area contributed by atoms with Crippen molar-refractivity contribution < 1.29 is 23.9 Å². The minimum absolute atomic E-state index is 0.165. The minimum Gasteiger partial charge on any atom is -0.485 e. The smallest absolute Gasteiger partial charge is 0.198 e.